The highest BCUT2D eigenvalue weighted by molar-refractivity contribution is 9.10. The number of anilines is 3. The van der Waals surface area contributed by atoms with Gasteiger partial charge in [-0.15, -0.1) is 0 Å². The number of aromatic nitrogens is 2. The van der Waals surface area contributed by atoms with Gasteiger partial charge >= 0.3 is 0 Å². The maximum atomic E-state index is 6.64. The molecule has 9 heteroatoms. The van der Waals surface area contributed by atoms with E-state index in [-0.39, 0.29) is 12.1 Å². The molecule has 2 aliphatic rings. The maximum Gasteiger partial charge on any atom is 0.221 e. The van der Waals surface area contributed by atoms with Crippen LogP contribution < -0.4 is 20.3 Å². The molecule has 7 nitrogen and oxygen atoms in total. The molecule has 2 fully saturated rings. The molecule has 0 radical (unpaired) electrons. The van der Waals surface area contributed by atoms with E-state index in [1.807, 2.05) is 18.2 Å². The normalized spacial score (nSPS) is 17.7. The van der Waals surface area contributed by atoms with Crippen molar-refractivity contribution in [3.63, 3.8) is 0 Å². The highest BCUT2D eigenvalue weighted by Gasteiger charge is 2.23. The summed E-state index contributed by atoms with van der Waals surface area (Å²) in [5, 5.41) is 1.69. The number of hydrogen-bond acceptors (Lipinski definition) is 7. The molecule has 5 rings (SSSR count). The zero-order valence-electron chi connectivity index (χ0n) is 17.6. The molecule has 0 atom stereocenters. The van der Waals surface area contributed by atoms with Crippen LogP contribution in [0.4, 0.5) is 17.3 Å². The lowest BCUT2D eigenvalue weighted by atomic mass is 10.1. The van der Waals surface area contributed by atoms with E-state index >= 15 is 0 Å². The summed E-state index contributed by atoms with van der Waals surface area (Å²) in [5.41, 5.74) is 8.82. The molecule has 168 valence electrons. The molecule has 2 N–H and O–H groups in total. The molecular formula is C23H25BrClN5O2. The van der Waals surface area contributed by atoms with Gasteiger partial charge in [0.15, 0.2) is 0 Å². The average Bonchev–Trinajstić information content (AvgIpc) is 2.80. The summed E-state index contributed by atoms with van der Waals surface area (Å²) in [6.07, 6.45) is 1.96. The summed E-state index contributed by atoms with van der Waals surface area (Å²) >= 11 is 10.1. The summed E-state index contributed by atoms with van der Waals surface area (Å²) in [7, 11) is 0. The molecule has 0 unspecified atom stereocenters. The lowest BCUT2D eigenvalue weighted by molar-refractivity contribution is 0.122. The van der Waals surface area contributed by atoms with Gasteiger partial charge in [0, 0.05) is 50.1 Å². The Bertz CT molecular complexity index is 1120. The molecule has 0 bridgehead atoms. The molecule has 1 aromatic heterocycles. The van der Waals surface area contributed by atoms with Crippen molar-refractivity contribution in [1.82, 2.24) is 9.97 Å². The minimum absolute atomic E-state index is 0.120. The smallest absolute Gasteiger partial charge is 0.221 e. The predicted octanol–water partition coefficient (Wildman–Crippen LogP) is 4.51. The third kappa shape index (κ3) is 4.44. The van der Waals surface area contributed by atoms with Gasteiger partial charge in [-0.05, 0) is 46.3 Å². The van der Waals surface area contributed by atoms with Crippen LogP contribution in [0.25, 0.3) is 10.9 Å². The Morgan fingerprint density at radius 1 is 1.03 bits per heavy atom. The lowest BCUT2D eigenvalue weighted by Crippen LogP contribution is -2.38. The minimum Gasteiger partial charge on any atom is -0.488 e. The molecule has 32 heavy (non-hydrogen) atoms. The Labute approximate surface area is 200 Å². The van der Waals surface area contributed by atoms with Crippen molar-refractivity contribution in [2.75, 3.05) is 54.9 Å². The number of morpholine rings is 1. The van der Waals surface area contributed by atoms with Crippen LogP contribution in [0, 0.1) is 0 Å². The van der Waals surface area contributed by atoms with Crippen molar-refractivity contribution >= 4 is 55.8 Å². The molecule has 3 aromatic rings. The number of piperidine rings is 1. The highest BCUT2D eigenvalue weighted by Crippen LogP contribution is 2.34. The summed E-state index contributed by atoms with van der Waals surface area (Å²) in [6.45, 7) is 5.06. The van der Waals surface area contributed by atoms with Crippen LogP contribution in [0.2, 0.25) is 5.02 Å². The molecule has 3 heterocycles. The number of nitrogen functional groups attached to an aromatic ring is 1. The number of ether oxygens (including phenoxy) is 2. The second kappa shape index (κ2) is 9.29. The van der Waals surface area contributed by atoms with Crippen LogP contribution in [0.3, 0.4) is 0 Å². The first kappa shape index (κ1) is 21.6. The first-order chi connectivity index (χ1) is 15.6. The van der Waals surface area contributed by atoms with Gasteiger partial charge in [0.05, 0.1) is 23.9 Å². The number of fused-ring (bicyclic) bond motifs is 1. The van der Waals surface area contributed by atoms with Gasteiger partial charge in [0.1, 0.15) is 22.0 Å². The number of nitrogens with zero attached hydrogens (tertiary/aromatic N) is 4. The van der Waals surface area contributed by atoms with Crippen molar-refractivity contribution in [2.24, 2.45) is 0 Å². The van der Waals surface area contributed by atoms with E-state index in [1.54, 1.807) is 0 Å². The Morgan fingerprint density at radius 3 is 2.56 bits per heavy atom. The van der Waals surface area contributed by atoms with Crippen molar-refractivity contribution in [2.45, 2.75) is 18.9 Å². The SMILES string of the molecule is Nc1nc(Br)c2cccc(OC3CCN(c4ccc(N5CCOCC5)c(Cl)c4)CC3)c2n1. The monoisotopic (exact) mass is 517 g/mol. The molecule has 2 aliphatic heterocycles. The van der Waals surface area contributed by atoms with Gasteiger partial charge in [-0.2, -0.15) is 0 Å². The molecule has 0 saturated carbocycles. The molecular weight excluding hydrogens is 494 g/mol. The number of hydrogen-bond donors (Lipinski definition) is 1. The Hall–Kier alpha value is -2.29. The van der Waals surface area contributed by atoms with Crippen LogP contribution >= 0.6 is 27.5 Å². The second-order valence-corrected chi connectivity index (χ2v) is 9.22. The second-order valence-electron chi connectivity index (χ2n) is 8.06. The number of nitrogens with two attached hydrogens (primary N) is 1. The van der Waals surface area contributed by atoms with Crippen LogP contribution in [-0.4, -0.2) is 55.5 Å². The van der Waals surface area contributed by atoms with Crippen molar-refractivity contribution in [3.05, 3.63) is 46.0 Å². The maximum absolute atomic E-state index is 6.64. The highest BCUT2D eigenvalue weighted by atomic mass is 79.9. The zero-order valence-corrected chi connectivity index (χ0v) is 20.0. The largest absolute Gasteiger partial charge is 0.488 e. The third-order valence-electron chi connectivity index (χ3n) is 6.04. The molecule has 2 saturated heterocycles. The van der Waals surface area contributed by atoms with E-state index in [0.29, 0.717) is 4.60 Å². The summed E-state index contributed by atoms with van der Waals surface area (Å²) in [5.74, 6) is 0.973. The van der Waals surface area contributed by atoms with Gasteiger partial charge in [0.25, 0.3) is 0 Å². The fourth-order valence-electron chi connectivity index (χ4n) is 4.36. The van der Waals surface area contributed by atoms with Crippen LogP contribution in [0.5, 0.6) is 5.75 Å². The number of halogens is 2. The first-order valence-electron chi connectivity index (χ1n) is 10.8. The molecule has 2 aromatic carbocycles. The van der Waals surface area contributed by atoms with E-state index in [2.05, 4.69) is 53.9 Å². The van der Waals surface area contributed by atoms with Crippen LogP contribution in [0.15, 0.2) is 41.0 Å². The number of rotatable bonds is 4. The van der Waals surface area contributed by atoms with E-state index in [4.69, 9.17) is 26.8 Å². The molecule has 0 amide bonds. The van der Waals surface area contributed by atoms with Crippen molar-refractivity contribution in [3.8, 4) is 5.75 Å². The fourth-order valence-corrected chi connectivity index (χ4v) is 5.16. The van der Waals surface area contributed by atoms with Gasteiger partial charge in [0.2, 0.25) is 5.95 Å². The summed E-state index contributed by atoms with van der Waals surface area (Å²) in [6, 6.07) is 12.2. The quantitative estimate of drug-likeness (QED) is 0.509. The van der Waals surface area contributed by atoms with Crippen LogP contribution in [-0.2, 0) is 4.74 Å². The van der Waals surface area contributed by atoms with E-state index in [9.17, 15) is 0 Å². The first-order valence-corrected chi connectivity index (χ1v) is 12.0. The lowest BCUT2D eigenvalue weighted by Gasteiger charge is -2.35. The fraction of sp³-hybridized carbons (Fsp3) is 0.391. The van der Waals surface area contributed by atoms with E-state index < -0.39 is 0 Å². The zero-order chi connectivity index (χ0) is 22.1. The summed E-state index contributed by atoms with van der Waals surface area (Å²) in [4.78, 5) is 13.2. The Balaban J connectivity index is 1.25. The van der Waals surface area contributed by atoms with E-state index in [1.165, 1.54) is 0 Å². The number of para-hydroxylation sites is 1. The molecule has 0 aliphatic carbocycles. The Kier molecular flexibility index (Phi) is 6.26. The van der Waals surface area contributed by atoms with Gasteiger partial charge < -0.3 is 25.0 Å². The number of benzene rings is 2. The van der Waals surface area contributed by atoms with Crippen LogP contribution in [0.1, 0.15) is 12.8 Å². The third-order valence-corrected chi connectivity index (χ3v) is 6.95. The predicted molar refractivity (Wildman–Crippen MR) is 132 cm³/mol. The van der Waals surface area contributed by atoms with Gasteiger partial charge in [-0.3, -0.25) is 0 Å². The minimum atomic E-state index is 0.120. The summed E-state index contributed by atoms with van der Waals surface area (Å²) < 4.78 is 12.5. The molecule has 0 spiro atoms. The Morgan fingerprint density at radius 2 is 1.81 bits per heavy atom. The standard InChI is InChI=1S/C23H25BrClN5O2/c24-22-17-2-1-3-20(21(17)27-23(26)28-22)32-16-6-8-29(9-7-16)15-4-5-19(18(25)14-15)30-10-12-31-13-11-30/h1-5,14,16H,6-13H2,(H2,26,27,28). The van der Waals surface area contributed by atoms with E-state index in [0.717, 1.165) is 85.3 Å². The van der Waals surface area contributed by atoms with Gasteiger partial charge in [-0.1, -0.05) is 17.7 Å². The van der Waals surface area contributed by atoms with Crippen molar-refractivity contribution in [1.29, 1.82) is 0 Å². The average molecular weight is 519 g/mol. The van der Waals surface area contributed by atoms with Crippen molar-refractivity contribution < 1.29 is 9.47 Å². The van der Waals surface area contributed by atoms with Gasteiger partial charge in [-0.25, -0.2) is 9.97 Å². The topological polar surface area (TPSA) is 76.7 Å².